The summed E-state index contributed by atoms with van der Waals surface area (Å²) in [5.41, 5.74) is 0. The number of nitrogens with one attached hydrogen (secondary N) is 2. The molecule has 0 radical (unpaired) electrons. The summed E-state index contributed by atoms with van der Waals surface area (Å²) in [5, 5.41) is 13.6. The van der Waals surface area contributed by atoms with E-state index in [2.05, 4.69) is 15.6 Å². The first-order valence-corrected chi connectivity index (χ1v) is 3.75. The minimum atomic E-state index is 0.430. The number of nitriles is 1. The molecular formula is C8H10N4O. The van der Waals surface area contributed by atoms with Gasteiger partial charge in [0.05, 0.1) is 12.8 Å². The molecular weight excluding hydrogens is 168 g/mol. The van der Waals surface area contributed by atoms with Crippen molar-refractivity contribution in [2.24, 2.45) is 4.99 Å². The fourth-order valence-electron chi connectivity index (χ4n) is 0.816. The molecule has 1 rings (SSSR count). The van der Waals surface area contributed by atoms with Gasteiger partial charge in [0.25, 0.3) is 0 Å². The molecule has 0 aromatic carbocycles. The summed E-state index contributed by atoms with van der Waals surface area (Å²) >= 11 is 0. The summed E-state index contributed by atoms with van der Waals surface area (Å²) in [7, 11) is 1.59. The summed E-state index contributed by atoms with van der Waals surface area (Å²) < 4.78 is 5.08. The highest BCUT2D eigenvalue weighted by Crippen LogP contribution is 1.97. The van der Waals surface area contributed by atoms with Crippen molar-refractivity contribution in [3.05, 3.63) is 24.2 Å². The van der Waals surface area contributed by atoms with Crippen molar-refractivity contribution in [2.75, 3.05) is 7.05 Å². The molecule has 0 aliphatic heterocycles. The second-order valence-corrected chi connectivity index (χ2v) is 2.24. The zero-order valence-corrected chi connectivity index (χ0v) is 7.24. The normalized spacial score (nSPS) is 10.6. The summed E-state index contributed by atoms with van der Waals surface area (Å²) in [5.74, 6) is 1.22. The van der Waals surface area contributed by atoms with Crippen molar-refractivity contribution >= 4 is 5.96 Å². The molecule has 5 nitrogen and oxygen atoms in total. The zero-order chi connectivity index (χ0) is 9.52. The van der Waals surface area contributed by atoms with Crippen LogP contribution < -0.4 is 10.6 Å². The SMILES string of the molecule is CN=C(NC#N)NCc1ccco1. The molecule has 5 heteroatoms. The third-order valence-electron chi connectivity index (χ3n) is 1.41. The second-order valence-electron chi connectivity index (χ2n) is 2.24. The molecule has 13 heavy (non-hydrogen) atoms. The topological polar surface area (TPSA) is 73.3 Å². The fraction of sp³-hybridized carbons (Fsp3) is 0.250. The summed E-state index contributed by atoms with van der Waals surface area (Å²) in [6.45, 7) is 0.508. The minimum absolute atomic E-state index is 0.430. The smallest absolute Gasteiger partial charge is 0.204 e. The Labute approximate surface area is 76.1 Å². The van der Waals surface area contributed by atoms with E-state index in [0.717, 1.165) is 5.76 Å². The van der Waals surface area contributed by atoms with Crippen LogP contribution in [-0.4, -0.2) is 13.0 Å². The fourth-order valence-corrected chi connectivity index (χ4v) is 0.816. The highest BCUT2D eigenvalue weighted by atomic mass is 16.3. The predicted octanol–water partition coefficient (Wildman–Crippen LogP) is 0.426. The van der Waals surface area contributed by atoms with Crippen molar-refractivity contribution in [3.63, 3.8) is 0 Å². The van der Waals surface area contributed by atoms with Crippen molar-refractivity contribution in [1.29, 1.82) is 5.26 Å². The van der Waals surface area contributed by atoms with E-state index in [1.54, 1.807) is 25.6 Å². The summed E-state index contributed by atoms with van der Waals surface area (Å²) in [6, 6.07) is 3.64. The van der Waals surface area contributed by atoms with Crippen molar-refractivity contribution < 1.29 is 4.42 Å². The molecule has 1 aromatic heterocycles. The van der Waals surface area contributed by atoms with E-state index >= 15 is 0 Å². The van der Waals surface area contributed by atoms with Gasteiger partial charge in [-0.2, -0.15) is 5.26 Å². The van der Waals surface area contributed by atoms with Gasteiger partial charge in [0.1, 0.15) is 5.76 Å². The number of hydrogen-bond acceptors (Lipinski definition) is 3. The molecule has 0 atom stereocenters. The molecule has 2 N–H and O–H groups in total. The van der Waals surface area contributed by atoms with Crippen LogP contribution in [0.25, 0.3) is 0 Å². The molecule has 1 aromatic rings. The van der Waals surface area contributed by atoms with Crippen LogP contribution in [0.4, 0.5) is 0 Å². The third kappa shape index (κ3) is 2.87. The number of furan rings is 1. The lowest BCUT2D eigenvalue weighted by atomic mass is 10.4. The Morgan fingerprint density at radius 3 is 3.15 bits per heavy atom. The van der Waals surface area contributed by atoms with Gasteiger partial charge in [0, 0.05) is 7.05 Å². The Balaban J connectivity index is 2.38. The predicted molar refractivity (Wildman–Crippen MR) is 47.7 cm³/mol. The van der Waals surface area contributed by atoms with Crippen LogP contribution in [0.3, 0.4) is 0 Å². The van der Waals surface area contributed by atoms with Gasteiger partial charge < -0.3 is 9.73 Å². The molecule has 0 unspecified atom stereocenters. The number of nitrogens with zero attached hydrogens (tertiary/aromatic N) is 2. The minimum Gasteiger partial charge on any atom is -0.467 e. The maximum absolute atomic E-state index is 8.32. The van der Waals surface area contributed by atoms with Crippen LogP contribution in [0, 0.1) is 11.5 Å². The quantitative estimate of drug-likeness (QED) is 0.298. The van der Waals surface area contributed by atoms with Gasteiger partial charge in [-0.05, 0) is 12.1 Å². The number of aliphatic imine (C=N–C) groups is 1. The summed E-state index contributed by atoms with van der Waals surface area (Å²) in [4.78, 5) is 3.81. The molecule has 0 fully saturated rings. The number of guanidine groups is 1. The first kappa shape index (κ1) is 9.13. The first-order chi connectivity index (χ1) is 6.36. The molecule has 0 aliphatic rings. The Morgan fingerprint density at radius 2 is 2.62 bits per heavy atom. The Kier molecular flexibility index (Phi) is 3.39. The van der Waals surface area contributed by atoms with Gasteiger partial charge >= 0.3 is 0 Å². The lowest BCUT2D eigenvalue weighted by Gasteiger charge is -2.03. The maximum atomic E-state index is 8.32. The average molecular weight is 178 g/mol. The van der Waals surface area contributed by atoms with Crippen molar-refractivity contribution in [2.45, 2.75) is 6.54 Å². The van der Waals surface area contributed by atoms with Crippen molar-refractivity contribution in [1.82, 2.24) is 10.6 Å². The highest BCUT2D eigenvalue weighted by Gasteiger charge is 1.97. The molecule has 68 valence electrons. The van der Waals surface area contributed by atoms with Gasteiger partial charge in [-0.1, -0.05) is 0 Å². The molecule has 0 aliphatic carbocycles. The largest absolute Gasteiger partial charge is 0.467 e. The lowest BCUT2D eigenvalue weighted by Crippen LogP contribution is -2.33. The Bertz CT molecular complexity index is 309. The number of rotatable bonds is 2. The van der Waals surface area contributed by atoms with Crippen LogP contribution >= 0.6 is 0 Å². The van der Waals surface area contributed by atoms with E-state index in [9.17, 15) is 0 Å². The van der Waals surface area contributed by atoms with Crippen molar-refractivity contribution in [3.8, 4) is 6.19 Å². The maximum Gasteiger partial charge on any atom is 0.204 e. The average Bonchev–Trinajstić information content (AvgIpc) is 2.64. The monoisotopic (exact) mass is 178 g/mol. The molecule has 0 saturated carbocycles. The second kappa shape index (κ2) is 4.83. The van der Waals surface area contributed by atoms with Crippen LogP contribution in [-0.2, 0) is 6.54 Å². The van der Waals surface area contributed by atoms with Gasteiger partial charge in [0.15, 0.2) is 6.19 Å². The molecule has 0 bridgehead atoms. The van der Waals surface area contributed by atoms with E-state index in [0.29, 0.717) is 12.5 Å². The van der Waals surface area contributed by atoms with Gasteiger partial charge in [-0.3, -0.25) is 10.3 Å². The van der Waals surface area contributed by atoms with Gasteiger partial charge in [-0.25, -0.2) is 0 Å². The van der Waals surface area contributed by atoms with Crippen LogP contribution in [0.2, 0.25) is 0 Å². The standard InChI is InChI=1S/C8H10N4O/c1-10-8(12-6-9)11-5-7-3-2-4-13-7/h2-4H,5H2,1H3,(H2,10,11,12). The molecule has 0 spiro atoms. The lowest BCUT2D eigenvalue weighted by molar-refractivity contribution is 0.502. The van der Waals surface area contributed by atoms with E-state index < -0.39 is 0 Å². The number of hydrogen-bond donors (Lipinski definition) is 2. The van der Waals surface area contributed by atoms with E-state index in [1.165, 1.54) is 0 Å². The zero-order valence-electron chi connectivity index (χ0n) is 7.24. The van der Waals surface area contributed by atoms with Gasteiger partial charge in [0.2, 0.25) is 5.96 Å². The molecule has 1 heterocycles. The highest BCUT2D eigenvalue weighted by molar-refractivity contribution is 5.80. The molecule has 0 amide bonds. The van der Waals surface area contributed by atoms with Crippen LogP contribution in [0.15, 0.2) is 27.8 Å². The van der Waals surface area contributed by atoms with E-state index in [-0.39, 0.29) is 0 Å². The first-order valence-electron chi connectivity index (χ1n) is 3.75. The Hall–Kier alpha value is -1.96. The van der Waals surface area contributed by atoms with Gasteiger partial charge in [-0.15, -0.1) is 0 Å². The van der Waals surface area contributed by atoms with E-state index in [1.807, 2.05) is 6.07 Å². The van der Waals surface area contributed by atoms with Crippen LogP contribution in [0.1, 0.15) is 5.76 Å². The third-order valence-corrected chi connectivity index (χ3v) is 1.41. The summed E-state index contributed by atoms with van der Waals surface area (Å²) in [6.07, 6.45) is 3.37. The van der Waals surface area contributed by atoms with Crippen LogP contribution in [0.5, 0.6) is 0 Å². The Morgan fingerprint density at radius 1 is 1.77 bits per heavy atom. The van der Waals surface area contributed by atoms with E-state index in [4.69, 9.17) is 9.68 Å². The molecule has 0 saturated heterocycles.